The van der Waals surface area contributed by atoms with Gasteiger partial charge in [-0.05, 0) is 54.6 Å². The van der Waals surface area contributed by atoms with Crippen molar-refractivity contribution in [2.24, 2.45) is 0 Å². The van der Waals surface area contributed by atoms with E-state index in [4.69, 9.17) is 4.74 Å². The summed E-state index contributed by atoms with van der Waals surface area (Å²) in [6.07, 6.45) is 1.41. The molecular formula is C19H17N3O5S. The molecule has 0 unspecified atom stereocenters. The lowest BCUT2D eigenvalue weighted by Gasteiger charge is -2.10. The molecule has 3 N–H and O–H groups in total. The highest BCUT2D eigenvalue weighted by Crippen LogP contribution is 2.22. The van der Waals surface area contributed by atoms with Crippen LogP contribution in [0.25, 0.3) is 0 Å². The van der Waals surface area contributed by atoms with Gasteiger partial charge in [0.15, 0.2) is 11.6 Å². The van der Waals surface area contributed by atoms with E-state index in [-0.39, 0.29) is 22.0 Å². The standard InChI is InChI=1S/C19H17N3O5S/c1-27-15-9-7-14(8-10-15)22-28(25,26)16-5-2-4-13(12-16)19(24)21-18-17(23)6-3-11-20-18/h2-12,22-23H,1H3,(H,20,21,24). The highest BCUT2D eigenvalue weighted by Gasteiger charge is 2.17. The minimum absolute atomic E-state index is 0.0166. The summed E-state index contributed by atoms with van der Waals surface area (Å²) in [6.45, 7) is 0. The Kier molecular flexibility index (Phi) is 5.46. The van der Waals surface area contributed by atoms with Crippen LogP contribution < -0.4 is 14.8 Å². The van der Waals surface area contributed by atoms with Gasteiger partial charge in [-0.1, -0.05) is 6.07 Å². The number of ether oxygens (including phenoxy) is 1. The third kappa shape index (κ3) is 4.38. The zero-order valence-electron chi connectivity index (χ0n) is 14.8. The first-order valence-corrected chi connectivity index (χ1v) is 9.59. The predicted molar refractivity (Wildman–Crippen MR) is 104 cm³/mol. The summed E-state index contributed by atoms with van der Waals surface area (Å²) in [4.78, 5) is 16.2. The lowest BCUT2D eigenvalue weighted by atomic mass is 10.2. The molecule has 0 aliphatic rings. The van der Waals surface area contributed by atoms with E-state index in [0.717, 1.165) is 0 Å². The average Bonchev–Trinajstić information content (AvgIpc) is 2.70. The predicted octanol–water partition coefficient (Wildman–Crippen LogP) is 2.85. The van der Waals surface area contributed by atoms with Crippen LogP contribution in [0.5, 0.6) is 11.5 Å². The van der Waals surface area contributed by atoms with Gasteiger partial charge < -0.3 is 15.2 Å². The number of amides is 1. The smallest absolute Gasteiger partial charge is 0.261 e. The van der Waals surface area contributed by atoms with Crippen LogP contribution in [-0.4, -0.2) is 31.5 Å². The number of aromatic nitrogens is 1. The van der Waals surface area contributed by atoms with E-state index in [9.17, 15) is 18.3 Å². The third-order valence-corrected chi connectivity index (χ3v) is 5.15. The van der Waals surface area contributed by atoms with Gasteiger partial charge in [-0.15, -0.1) is 0 Å². The van der Waals surface area contributed by atoms with E-state index in [1.807, 2.05) is 0 Å². The normalized spacial score (nSPS) is 10.9. The molecule has 28 heavy (non-hydrogen) atoms. The maximum atomic E-state index is 12.6. The van der Waals surface area contributed by atoms with E-state index < -0.39 is 15.9 Å². The number of nitrogens with one attached hydrogen (secondary N) is 2. The van der Waals surface area contributed by atoms with E-state index in [0.29, 0.717) is 11.4 Å². The van der Waals surface area contributed by atoms with Crippen LogP contribution in [-0.2, 0) is 10.0 Å². The van der Waals surface area contributed by atoms with Crippen LogP contribution in [0.2, 0.25) is 0 Å². The Morgan fingerprint density at radius 2 is 1.82 bits per heavy atom. The second-order valence-corrected chi connectivity index (χ2v) is 7.37. The van der Waals surface area contributed by atoms with Gasteiger partial charge in [-0.2, -0.15) is 0 Å². The number of rotatable bonds is 6. The van der Waals surface area contributed by atoms with Crippen molar-refractivity contribution in [3.63, 3.8) is 0 Å². The number of hydrogen-bond acceptors (Lipinski definition) is 6. The number of sulfonamides is 1. The first-order valence-electron chi connectivity index (χ1n) is 8.11. The number of carbonyl (C=O) groups is 1. The summed E-state index contributed by atoms with van der Waals surface area (Å²) in [6, 6.07) is 14.8. The van der Waals surface area contributed by atoms with Crippen molar-refractivity contribution in [3.05, 3.63) is 72.4 Å². The number of hydrogen-bond donors (Lipinski definition) is 3. The fraction of sp³-hybridized carbons (Fsp3) is 0.0526. The van der Waals surface area contributed by atoms with Crippen molar-refractivity contribution in [3.8, 4) is 11.5 Å². The Hall–Kier alpha value is -3.59. The molecule has 8 nitrogen and oxygen atoms in total. The van der Waals surface area contributed by atoms with Gasteiger partial charge in [0.05, 0.1) is 12.0 Å². The molecular weight excluding hydrogens is 382 g/mol. The summed E-state index contributed by atoms with van der Waals surface area (Å²) >= 11 is 0. The number of pyridine rings is 1. The quantitative estimate of drug-likeness (QED) is 0.587. The molecule has 0 radical (unpaired) electrons. The maximum absolute atomic E-state index is 12.6. The highest BCUT2D eigenvalue weighted by atomic mass is 32.2. The molecule has 0 saturated heterocycles. The van der Waals surface area contributed by atoms with Crippen molar-refractivity contribution in [2.45, 2.75) is 4.90 Å². The number of nitrogens with zero attached hydrogens (tertiary/aromatic N) is 1. The van der Waals surface area contributed by atoms with Crippen molar-refractivity contribution in [2.75, 3.05) is 17.1 Å². The molecule has 2 aromatic carbocycles. The van der Waals surface area contributed by atoms with Crippen LogP contribution in [0.3, 0.4) is 0 Å². The van der Waals surface area contributed by atoms with Crippen LogP contribution in [0.15, 0.2) is 71.8 Å². The van der Waals surface area contributed by atoms with Crippen molar-refractivity contribution in [1.82, 2.24) is 4.98 Å². The lowest BCUT2D eigenvalue weighted by Crippen LogP contribution is -2.16. The fourth-order valence-corrected chi connectivity index (χ4v) is 3.45. The zero-order chi connectivity index (χ0) is 20.1. The highest BCUT2D eigenvalue weighted by molar-refractivity contribution is 7.92. The molecule has 1 aromatic heterocycles. The van der Waals surface area contributed by atoms with Gasteiger partial charge in [0.25, 0.3) is 15.9 Å². The average molecular weight is 399 g/mol. The fourth-order valence-electron chi connectivity index (χ4n) is 2.35. The number of aromatic hydroxyl groups is 1. The Morgan fingerprint density at radius 1 is 1.07 bits per heavy atom. The van der Waals surface area contributed by atoms with Crippen LogP contribution in [0, 0.1) is 0 Å². The molecule has 0 atom stereocenters. The van der Waals surface area contributed by atoms with Crippen molar-refractivity contribution < 1.29 is 23.1 Å². The van der Waals surface area contributed by atoms with E-state index >= 15 is 0 Å². The minimum atomic E-state index is -3.91. The molecule has 1 heterocycles. The molecule has 3 rings (SSSR count). The van der Waals surface area contributed by atoms with Gasteiger partial charge in [0, 0.05) is 17.4 Å². The molecule has 3 aromatic rings. The van der Waals surface area contributed by atoms with E-state index in [1.54, 1.807) is 24.3 Å². The molecule has 0 spiro atoms. The van der Waals surface area contributed by atoms with Crippen molar-refractivity contribution >= 4 is 27.4 Å². The summed E-state index contributed by atoms with van der Waals surface area (Å²) < 4.78 is 32.7. The number of methoxy groups -OCH3 is 1. The van der Waals surface area contributed by atoms with Gasteiger partial charge in [-0.25, -0.2) is 13.4 Å². The Balaban J connectivity index is 1.81. The first-order chi connectivity index (χ1) is 13.4. The molecule has 0 bridgehead atoms. The lowest BCUT2D eigenvalue weighted by molar-refractivity contribution is 0.102. The molecule has 0 aliphatic heterocycles. The topological polar surface area (TPSA) is 118 Å². The second-order valence-electron chi connectivity index (χ2n) is 5.69. The molecule has 0 aliphatic carbocycles. The molecule has 9 heteroatoms. The molecule has 0 saturated carbocycles. The summed E-state index contributed by atoms with van der Waals surface area (Å²) in [7, 11) is -2.39. The largest absolute Gasteiger partial charge is 0.504 e. The molecule has 1 amide bonds. The monoisotopic (exact) mass is 399 g/mol. The summed E-state index contributed by atoms with van der Waals surface area (Å²) in [5.41, 5.74) is 0.455. The minimum Gasteiger partial charge on any atom is -0.504 e. The Labute approximate surface area is 161 Å². The van der Waals surface area contributed by atoms with Gasteiger partial charge in [0.1, 0.15) is 5.75 Å². The maximum Gasteiger partial charge on any atom is 0.261 e. The zero-order valence-corrected chi connectivity index (χ0v) is 15.6. The Morgan fingerprint density at radius 3 is 2.50 bits per heavy atom. The van der Waals surface area contributed by atoms with Gasteiger partial charge in [-0.3, -0.25) is 9.52 Å². The summed E-state index contributed by atoms with van der Waals surface area (Å²) in [5, 5.41) is 12.1. The second kappa shape index (κ2) is 7.97. The SMILES string of the molecule is COc1ccc(NS(=O)(=O)c2cccc(C(=O)Nc3ncccc3O)c2)cc1. The van der Waals surface area contributed by atoms with E-state index in [1.165, 1.54) is 49.7 Å². The van der Waals surface area contributed by atoms with Gasteiger partial charge >= 0.3 is 0 Å². The number of carbonyl (C=O) groups excluding carboxylic acids is 1. The molecule has 144 valence electrons. The van der Waals surface area contributed by atoms with Crippen LogP contribution >= 0.6 is 0 Å². The van der Waals surface area contributed by atoms with Crippen LogP contribution in [0.4, 0.5) is 11.5 Å². The number of anilines is 2. The summed E-state index contributed by atoms with van der Waals surface area (Å²) in [5.74, 6) is -0.215. The molecule has 0 fully saturated rings. The van der Waals surface area contributed by atoms with Gasteiger partial charge in [0.2, 0.25) is 0 Å². The number of benzene rings is 2. The third-order valence-electron chi connectivity index (χ3n) is 3.77. The van der Waals surface area contributed by atoms with E-state index in [2.05, 4.69) is 15.0 Å². The Bertz CT molecular complexity index is 1100. The first kappa shape index (κ1) is 19.2. The van der Waals surface area contributed by atoms with Crippen LogP contribution in [0.1, 0.15) is 10.4 Å². The van der Waals surface area contributed by atoms with Crippen molar-refractivity contribution in [1.29, 1.82) is 0 Å².